The van der Waals surface area contributed by atoms with Crippen molar-refractivity contribution in [1.82, 2.24) is 15.0 Å². The van der Waals surface area contributed by atoms with E-state index in [1.165, 1.54) is 5.56 Å². The minimum absolute atomic E-state index is 0.635. The molecule has 0 bridgehead atoms. The summed E-state index contributed by atoms with van der Waals surface area (Å²) in [6, 6.07) is 56.4. The number of fused-ring (bicyclic) bond motifs is 4. The minimum Gasteiger partial charge on any atom is -0.456 e. The zero-order chi connectivity index (χ0) is 31.2. The van der Waals surface area contributed by atoms with Crippen molar-refractivity contribution >= 4 is 32.7 Å². The van der Waals surface area contributed by atoms with Gasteiger partial charge in [0.1, 0.15) is 11.2 Å². The highest BCUT2D eigenvalue weighted by atomic mass is 16.3. The van der Waals surface area contributed by atoms with E-state index in [1.54, 1.807) is 0 Å². The summed E-state index contributed by atoms with van der Waals surface area (Å²) in [5.74, 6) is 1.92. The molecule has 0 amide bonds. The summed E-state index contributed by atoms with van der Waals surface area (Å²) in [4.78, 5) is 14.9. The average molecular weight is 602 g/mol. The monoisotopic (exact) mass is 601 g/mol. The summed E-state index contributed by atoms with van der Waals surface area (Å²) in [7, 11) is 0. The zero-order valence-corrected chi connectivity index (χ0v) is 25.3. The lowest BCUT2D eigenvalue weighted by Crippen LogP contribution is -2.00. The topological polar surface area (TPSA) is 51.8 Å². The van der Waals surface area contributed by atoms with Gasteiger partial charge in [-0.1, -0.05) is 140 Å². The van der Waals surface area contributed by atoms with Gasteiger partial charge in [0.2, 0.25) is 0 Å². The molecule has 220 valence electrons. The molecule has 0 saturated heterocycles. The quantitative estimate of drug-likeness (QED) is 0.197. The molecule has 2 aromatic heterocycles. The third-order valence-corrected chi connectivity index (χ3v) is 8.73. The first-order chi connectivity index (χ1) is 23.3. The maximum Gasteiger partial charge on any atom is 0.164 e. The van der Waals surface area contributed by atoms with Crippen molar-refractivity contribution in [3.05, 3.63) is 164 Å². The van der Waals surface area contributed by atoms with Gasteiger partial charge in [0.25, 0.3) is 0 Å². The fourth-order valence-corrected chi connectivity index (χ4v) is 6.36. The summed E-state index contributed by atoms with van der Waals surface area (Å²) in [5, 5.41) is 4.51. The molecular weight excluding hydrogens is 574 g/mol. The fraction of sp³-hybridized carbons (Fsp3) is 0. The van der Waals surface area contributed by atoms with E-state index in [2.05, 4.69) is 109 Å². The summed E-state index contributed by atoms with van der Waals surface area (Å²) in [6.07, 6.45) is 0. The Bertz CT molecular complexity index is 2550. The van der Waals surface area contributed by atoms with Crippen molar-refractivity contribution in [1.29, 1.82) is 0 Å². The predicted octanol–water partition coefficient (Wildman–Crippen LogP) is 11.3. The maximum absolute atomic E-state index is 6.18. The van der Waals surface area contributed by atoms with Crippen LogP contribution in [0.1, 0.15) is 0 Å². The fourth-order valence-electron chi connectivity index (χ4n) is 6.36. The van der Waals surface area contributed by atoms with E-state index >= 15 is 0 Å². The molecule has 0 aliphatic heterocycles. The summed E-state index contributed by atoms with van der Waals surface area (Å²) in [5.41, 5.74) is 9.20. The molecule has 0 aliphatic carbocycles. The third kappa shape index (κ3) is 4.93. The smallest absolute Gasteiger partial charge is 0.164 e. The van der Waals surface area contributed by atoms with Crippen molar-refractivity contribution < 1.29 is 4.42 Å². The van der Waals surface area contributed by atoms with E-state index in [0.29, 0.717) is 17.5 Å². The van der Waals surface area contributed by atoms with E-state index in [9.17, 15) is 0 Å². The second-order valence-electron chi connectivity index (χ2n) is 11.7. The Morgan fingerprint density at radius 2 is 0.851 bits per heavy atom. The highest BCUT2D eigenvalue weighted by Gasteiger charge is 2.15. The number of rotatable bonds is 5. The molecule has 47 heavy (non-hydrogen) atoms. The lowest BCUT2D eigenvalue weighted by atomic mass is 9.96. The van der Waals surface area contributed by atoms with Crippen molar-refractivity contribution in [2.45, 2.75) is 0 Å². The van der Waals surface area contributed by atoms with Crippen LogP contribution in [0, 0.1) is 0 Å². The van der Waals surface area contributed by atoms with Crippen LogP contribution in [0.5, 0.6) is 0 Å². The van der Waals surface area contributed by atoms with Gasteiger partial charge in [0, 0.05) is 27.5 Å². The number of hydrogen-bond donors (Lipinski definition) is 0. The Kier molecular flexibility index (Phi) is 6.43. The first-order valence-corrected chi connectivity index (χ1v) is 15.7. The van der Waals surface area contributed by atoms with E-state index in [-0.39, 0.29) is 0 Å². The van der Waals surface area contributed by atoms with Crippen LogP contribution in [0.15, 0.2) is 168 Å². The van der Waals surface area contributed by atoms with Crippen LogP contribution in [0.25, 0.3) is 89.1 Å². The van der Waals surface area contributed by atoms with Crippen molar-refractivity contribution in [2.75, 3.05) is 0 Å². The molecule has 0 radical (unpaired) electrons. The third-order valence-electron chi connectivity index (χ3n) is 8.73. The molecule has 7 aromatic carbocycles. The van der Waals surface area contributed by atoms with Crippen LogP contribution in [0.3, 0.4) is 0 Å². The number of nitrogens with zero attached hydrogens (tertiary/aromatic N) is 3. The molecule has 4 nitrogen and oxygen atoms in total. The molecule has 0 unspecified atom stereocenters. The van der Waals surface area contributed by atoms with Gasteiger partial charge in [-0.15, -0.1) is 0 Å². The highest BCUT2D eigenvalue weighted by molar-refractivity contribution is 6.12. The van der Waals surface area contributed by atoms with Crippen molar-refractivity contribution in [3.63, 3.8) is 0 Å². The Morgan fingerprint density at radius 1 is 0.340 bits per heavy atom. The molecule has 0 fully saturated rings. The Labute approximate surface area is 271 Å². The Morgan fingerprint density at radius 3 is 1.60 bits per heavy atom. The van der Waals surface area contributed by atoms with Crippen LogP contribution in [-0.2, 0) is 0 Å². The SMILES string of the molecule is c1ccc(-c2ccc(-c3nc(-c4ccccc4)nc(-c4ccc5ccc(-c6cccc7oc8ccccc8c67)cc5c4)n3)cc2)cc1. The number of aromatic nitrogens is 3. The second kappa shape index (κ2) is 11.2. The average Bonchev–Trinajstić information content (AvgIpc) is 3.54. The molecule has 9 aromatic rings. The van der Waals surface area contributed by atoms with E-state index < -0.39 is 0 Å². The molecule has 9 rings (SSSR count). The van der Waals surface area contributed by atoms with Gasteiger partial charge in [0.05, 0.1) is 0 Å². The summed E-state index contributed by atoms with van der Waals surface area (Å²) >= 11 is 0. The second-order valence-corrected chi connectivity index (χ2v) is 11.7. The maximum atomic E-state index is 6.18. The van der Waals surface area contributed by atoms with E-state index in [4.69, 9.17) is 19.4 Å². The van der Waals surface area contributed by atoms with Gasteiger partial charge in [-0.2, -0.15) is 0 Å². The number of hydrogen-bond acceptors (Lipinski definition) is 4. The van der Waals surface area contributed by atoms with Gasteiger partial charge in [-0.3, -0.25) is 0 Å². The molecular formula is C43H27N3O. The van der Waals surface area contributed by atoms with Gasteiger partial charge in [-0.25, -0.2) is 15.0 Å². The molecule has 0 aliphatic rings. The lowest BCUT2D eigenvalue weighted by molar-refractivity contribution is 0.669. The van der Waals surface area contributed by atoms with Gasteiger partial charge >= 0.3 is 0 Å². The number of benzene rings is 7. The molecule has 0 N–H and O–H groups in total. The predicted molar refractivity (Wildman–Crippen MR) is 192 cm³/mol. The van der Waals surface area contributed by atoms with Crippen LogP contribution < -0.4 is 0 Å². The van der Waals surface area contributed by atoms with E-state index in [0.717, 1.165) is 66.1 Å². The largest absolute Gasteiger partial charge is 0.456 e. The van der Waals surface area contributed by atoms with Gasteiger partial charge < -0.3 is 4.42 Å². The highest BCUT2D eigenvalue weighted by Crippen LogP contribution is 2.38. The normalized spacial score (nSPS) is 11.4. The minimum atomic E-state index is 0.635. The van der Waals surface area contributed by atoms with Crippen LogP contribution in [-0.4, -0.2) is 15.0 Å². The lowest BCUT2D eigenvalue weighted by Gasteiger charge is -2.10. The molecule has 2 heterocycles. The van der Waals surface area contributed by atoms with E-state index in [1.807, 2.05) is 54.6 Å². The Hall–Kier alpha value is -6.39. The first kappa shape index (κ1) is 27.0. The number of para-hydroxylation sites is 1. The Balaban J connectivity index is 1.16. The summed E-state index contributed by atoms with van der Waals surface area (Å²) in [6.45, 7) is 0. The van der Waals surface area contributed by atoms with Gasteiger partial charge in [-0.05, 0) is 57.3 Å². The standard InChI is InChI=1S/C43H27N3O/c1-3-10-28(11-4-1)29-18-22-32(23-19-29)42-44-41(31-12-5-2-6-13-31)45-43(46-42)34-25-21-30-20-24-33(26-35(30)27-34)36-15-9-17-39-40(36)37-14-7-8-16-38(37)47-39/h1-27H. The molecule has 4 heteroatoms. The first-order valence-electron chi connectivity index (χ1n) is 15.7. The molecule has 0 atom stereocenters. The van der Waals surface area contributed by atoms with Crippen LogP contribution >= 0.6 is 0 Å². The van der Waals surface area contributed by atoms with Crippen LogP contribution in [0.2, 0.25) is 0 Å². The van der Waals surface area contributed by atoms with Crippen LogP contribution in [0.4, 0.5) is 0 Å². The van der Waals surface area contributed by atoms with Crippen molar-refractivity contribution in [3.8, 4) is 56.4 Å². The molecule has 0 saturated carbocycles. The van der Waals surface area contributed by atoms with Crippen molar-refractivity contribution in [2.24, 2.45) is 0 Å². The number of furan rings is 1. The summed E-state index contributed by atoms with van der Waals surface area (Å²) < 4.78 is 6.18. The molecule has 0 spiro atoms. The van der Waals surface area contributed by atoms with Gasteiger partial charge in [0.15, 0.2) is 17.5 Å². The zero-order valence-electron chi connectivity index (χ0n) is 25.3.